The molecule has 5 nitrogen and oxygen atoms in total. The second kappa shape index (κ2) is 35.3. The number of rotatable bonds is 32. The van der Waals surface area contributed by atoms with Gasteiger partial charge in [0.05, 0.1) is 0 Å². The van der Waals surface area contributed by atoms with Gasteiger partial charge in [0.15, 0.2) is 0 Å². The highest BCUT2D eigenvalue weighted by Gasteiger charge is 2.12. The van der Waals surface area contributed by atoms with Crippen molar-refractivity contribution in [2.45, 2.75) is 174 Å². The number of aliphatic hydroxyl groups is 1. The average molecular weight is 617 g/mol. The Hall–Kier alpha value is -2.14. The maximum atomic E-state index is 11.9. The standard InChI is InChI=1S/C39H68O5/c1-3-5-7-9-11-13-15-17-19-21-23-25-27-29-31-33-38(41)43-35-37(40)36-44-39(42)34-32-30-28-26-24-22-20-18-16-14-12-10-8-6-4-2/h5,7,11,13,17-20,37,40H,3-4,6,8-10,12,14-16,21-36H2,1-2H3/b7-5-,13-11-,19-17-,20-18-. The van der Waals surface area contributed by atoms with Crippen molar-refractivity contribution in [3.05, 3.63) is 48.6 Å². The van der Waals surface area contributed by atoms with Gasteiger partial charge in [0.25, 0.3) is 0 Å². The van der Waals surface area contributed by atoms with Gasteiger partial charge in [0.1, 0.15) is 19.3 Å². The molecule has 1 N–H and O–H groups in total. The SMILES string of the molecule is CC/C=C\C/C=C\C/C=C\CCCCCCCC(=O)OCC(O)COC(=O)CCCCCCC/C=C\CCCCCCCC. The molecule has 1 unspecified atom stereocenters. The van der Waals surface area contributed by atoms with E-state index in [1.165, 1.54) is 64.2 Å². The number of hydrogen-bond acceptors (Lipinski definition) is 5. The molecule has 0 spiro atoms. The molecule has 0 heterocycles. The summed E-state index contributed by atoms with van der Waals surface area (Å²) in [6.07, 6.45) is 43.0. The van der Waals surface area contributed by atoms with Crippen molar-refractivity contribution >= 4 is 11.9 Å². The number of hydrogen-bond donors (Lipinski definition) is 1. The number of carbonyl (C=O) groups excluding carboxylic acids is 2. The van der Waals surface area contributed by atoms with E-state index in [-0.39, 0.29) is 25.2 Å². The highest BCUT2D eigenvalue weighted by molar-refractivity contribution is 5.69. The number of aliphatic hydroxyl groups excluding tert-OH is 1. The third-order valence-electron chi connectivity index (χ3n) is 7.55. The van der Waals surface area contributed by atoms with Crippen LogP contribution in [-0.4, -0.2) is 36.4 Å². The number of esters is 2. The molecule has 0 rings (SSSR count). The molecule has 0 aromatic carbocycles. The fourth-order valence-corrected chi connectivity index (χ4v) is 4.80. The van der Waals surface area contributed by atoms with E-state index >= 15 is 0 Å². The quantitative estimate of drug-likeness (QED) is 0.0462. The minimum atomic E-state index is -0.974. The Bertz CT molecular complexity index is 752. The third kappa shape index (κ3) is 34.4. The monoisotopic (exact) mass is 617 g/mol. The molecule has 0 aliphatic rings. The van der Waals surface area contributed by atoms with E-state index in [9.17, 15) is 14.7 Å². The molecule has 44 heavy (non-hydrogen) atoms. The summed E-state index contributed by atoms with van der Waals surface area (Å²) in [6.45, 7) is 4.15. The van der Waals surface area contributed by atoms with Gasteiger partial charge in [0.2, 0.25) is 0 Å². The van der Waals surface area contributed by atoms with Crippen molar-refractivity contribution in [3.8, 4) is 0 Å². The van der Waals surface area contributed by atoms with Gasteiger partial charge in [-0.05, 0) is 70.6 Å². The van der Waals surface area contributed by atoms with Crippen molar-refractivity contribution in [1.82, 2.24) is 0 Å². The van der Waals surface area contributed by atoms with Crippen LogP contribution >= 0.6 is 0 Å². The summed E-state index contributed by atoms with van der Waals surface area (Å²) in [5.41, 5.74) is 0. The molecule has 0 amide bonds. The fourth-order valence-electron chi connectivity index (χ4n) is 4.80. The van der Waals surface area contributed by atoms with Gasteiger partial charge < -0.3 is 14.6 Å². The minimum absolute atomic E-state index is 0.127. The smallest absolute Gasteiger partial charge is 0.305 e. The van der Waals surface area contributed by atoms with Crippen LogP contribution < -0.4 is 0 Å². The zero-order valence-electron chi connectivity index (χ0n) is 28.7. The molecule has 0 aromatic heterocycles. The minimum Gasteiger partial charge on any atom is -0.463 e. The van der Waals surface area contributed by atoms with E-state index < -0.39 is 6.10 Å². The first-order chi connectivity index (χ1) is 21.6. The predicted molar refractivity (Wildman–Crippen MR) is 187 cm³/mol. The summed E-state index contributed by atoms with van der Waals surface area (Å²) < 4.78 is 10.3. The second-order valence-electron chi connectivity index (χ2n) is 12.0. The van der Waals surface area contributed by atoms with Crippen LogP contribution in [0.5, 0.6) is 0 Å². The molecule has 5 heteroatoms. The zero-order chi connectivity index (χ0) is 32.2. The molecule has 0 aliphatic carbocycles. The maximum absolute atomic E-state index is 11.9. The van der Waals surface area contributed by atoms with Crippen LogP contribution in [0.25, 0.3) is 0 Å². The first kappa shape index (κ1) is 41.9. The van der Waals surface area contributed by atoms with Crippen LogP contribution in [0.2, 0.25) is 0 Å². The lowest BCUT2D eigenvalue weighted by molar-refractivity contribution is -0.152. The van der Waals surface area contributed by atoms with Crippen LogP contribution in [0.1, 0.15) is 168 Å². The predicted octanol–water partition coefficient (Wildman–Crippen LogP) is 11.1. The van der Waals surface area contributed by atoms with Gasteiger partial charge in [-0.3, -0.25) is 9.59 Å². The van der Waals surface area contributed by atoms with Gasteiger partial charge >= 0.3 is 11.9 Å². The van der Waals surface area contributed by atoms with Crippen molar-refractivity contribution in [1.29, 1.82) is 0 Å². The zero-order valence-corrected chi connectivity index (χ0v) is 28.7. The van der Waals surface area contributed by atoms with Gasteiger partial charge in [-0.15, -0.1) is 0 Å². The largest absolute Gasteiger partial charge is 0.463 e. The van der Waals surface area contributed by atoms with Crippen molar-refractivity contribution in [2.24, 2.45) is 0 Å². The molecule has 254 valence electrons. The Labute approximate surface area is 271 Å². The van der Waals surface area contributed by atoms with Crippen LogP contribution in [0.4, 0.5) is 0 Å². The van der Waals surface area contributed by atoms with Crippen LogP contribution in [0, 0.1) is 0 Å². The van der Waals surface area contributed by atoms with E-state index in [2.05, 4.69) is 62.5 Å². The molecular weight excluding hydrogens is 548 g/mol. The van der Waals surface area contributed by atoms with Crippen molar-refractivity contribution in [2.75, 3.05) is 13.2 Å². The maximum Gasteiger partial charge on any atom is 0.305 e. The molecule has 0 saturated carbocycles. The summed E-state index contributed by atoms with van der Waals surface area (Å²) in [5, 5.41) is 9.98. The van der Waals surface area contributed by atoms with Gasteiger partial charge in [0, 0.05) is 12.8 Å². The van der Waals surface area contributed by atoms with E-state index in [0.717, 1.165) is 77.0 Å². The van der Waals surface area contributed by atoms with Crippen LogP contribution in [0.3, 0.4) is 0 Å². The molecule has 0 radical (unpaired) electrons. The molecule has 1 atom stereocenters. The lowest BCUT2D eigenvalue weighted by atomic mass is 10.1. The summed E-state index contributed by atoms with van der Waals surface area (Å²) in [6, 6.07) is 0. The topological polar surface area (TPSA) is 72.8 Å². The number of allylic oxidation sites excluding steroid dienone is 8. The molecule has 0 saturated heterocycles. The van der Waals surface area contributed by atoms with E-state index in [1.54, 1.807) is 0 Å². The summed E-state index contributed by atoms with van der Waals surface area (Å²) in [5.74, 6) is -0.597. The molecular formula is C39H68O5. The van der Waals surface area contributed by atoms with Crippen molar-refractivity contribution < 1.29 is 24.2 Å². The van der Waals surface area contributed by atoms with E-state index in [0.29, 0.717) is 12.8 Å². The third-order valence-corrected chi connectivity index (χ3v) is 7.55. The second-order valence-corrected chi connectivity index (χ2v) is 12.0. The lowest BCUT2D eigenvalue weighted by Crippen LogP contribution is -2.25. The Balaban J connectivity index is 3.49. The summed E-state index contributed by atoms with van der Waals surface area (Å²) in [7, 11) is 0. The first-order valence-corrected chi connectivity index (χ1v) is 18.2. The van der Waals surface area contributed by atoms with Gasteiger partial charge in [-0.1, -0.05) is 133 Å². The summed E-state index contributed by atoms with van der Waals surface area (Å²) >= 11 is 0. The summed E-state index contributed by atoms with van der Waals surface area (Å²) in [4.78, 5) is 23.9. The van der Waals surface area contributed by atoms with Crippen molar-refractivity contribution in [3.63, 3.8) is 0 Å². The first-order valence-electron chi connectivity index (χ1n) is 18.2. The molecule has 0 aromatic rings. The molecule has 0 bridgehead atoms. The van der Waals surface area contributed by atoms with E-state index in [1.807, 2.05) is 0 Å². The highest BCUT2D eigenvalue weighted by atomic mass is 16.6. The Morgan fingerprint density at radius 3 is 1.32 bits per heavy atom. The molecule has 0 aliphatic heterocycles. The van der Waals surface area contributed by atoms with Crippen LogP contribution in [0.15, 0.2) is 48.6 Å². The lowest BCUT2D eigenvalue weighted by Gasteiger charge is -2.12. The number of unbranched alkanes of at least 4 members (excludes halogenated alkanes) is 16. The molecule has 0 fully saturated rings. The Kier molecular flexibility index (Phi) is 33.6. The average Bonchev–Trinajstić information content (AvgIpc) is 3.02. The van der Waals surface area contributed by atoms with Gasteiger partial charge in [-0.2, -0.15) is 0 Å². The number of carbonyl (C=O) groups is 2. The van der Waals surface area contributed by atoms with E-state index in [4.69, 9.17) is 9.47 Å². The highest BCUT2D eigenvalue weighted by Crippen LogP contribution is 2.11. The Morgan fingerprint density at radius 1 is 0.500 bits per heavy atom. The Morgan fingerprint density at radius 2 is 0.864 bits per heavy atom. The van der Waals surface area contributed by atoms with Crippen LogP contribution in [-0.2, 0) is 19.1 Å². The number of ether oxygens (including phenoxy) is 2. The fraction of sp³-hybridized carbons (Fsp3) is 0.744. The normalized spacial score (nSPS) is 12.7. The van der Waals surface area contributed by atoms with Gasteiger partial charge in [-0.25, -0.2) is 0 Å².